The number of nitrogens with zero attached hydrogens (tertiary/aromatic N) is 5. The van der Waals surface area contributed by atoms with E-state index >= 15 is 0 Å². The maximum absolute atomic E-state index is 13.8. The number of thiazole rings is 1. The molecule has 0 spiro atoms. The third kappa shape index (κ3) is 3.95. The van der Waals surface area contributed by atoms with E-state index in [0.29, 0.717) is 32.4 Å². The summed E-state index contributed by atoms with van der Waals surface area (Å²) >= 11 is 13.8. The van der Waals surface area contributed by atoms with Gasteiger partial charge >= 0.3 is 6.55 Å². The van der Waals surface area contributed by atoms with Crippen LogP contribution in [-0.4, -0.2) is 48.6 Å². The van der Waals surface area contributed by atoms with Crippen LogP contribution in [0.3, 0.4) is 0 Å². The molecular weight excluding hydrogens is 498 g/mol. The highest BCUT2D eigenvalue weighted by molar-refractivity contribution is 7.11. The van der Waals surface area contributed by atoms with Crippen molar-refractivity contribution in [3.8, 4) is 0 Å². The molecule has 0 unspecified atom stereocenters. The second-order valence-corrected chi connectivity index (χ2v) is 9.37. The molecule has 0 bridgehead atoms. The van der Waals surface area contributed by atoms with Crippen LogP contribution in [0.1, 0.15) is 35.3 Å². The van der Waals surface area contributed by atoms with E-state index in [0.717, 1.165) is 0 Å². The highest BCUT2D eigenvalue weighted by atomic mass is 35.5. The molecule has 1 fully saturated rings. The molecule has 4 heterocycles. The van der Waals surface area contributed by atoms with Crippen molar-refractivity contribution in [3.63, 3.8) is 0 Å². The minimum atomic E-state index is -2.82. The Labute approximate surface area is 200 Å². The topological polar surface area (TPSA) is 66.5 Å². The van der Waals surface area contributed by atoms with Crippen LogP contribution in [0.4, 0.5) is 13.2 Å². The van der Waals surface area contributed by atoms with Crippen LogP contribution in [0, 0.1) is 5.82 Å². The summed E-state index contributed by atoms with van der Waals surface area (Å²) in [5.74, 6) is -0.0684. The zero-order valence-corrected chi connectivity index (χ0v) is 19.1. The quantitative estimate of drug-likeness (QED) is 0.481. The van der Waals surface area contributed by atoms with Gasteiger partial charge in [0.25, 0.3) is 0 Å². The molecule has 172 valence electrons. The molecule has 2 aromatic heterocycles. The second kappa shape index (κ2) is 8.43. The van der Waals surface area contributed by atoms with Crippen LogP contribution in [0.15, 0.2) is 52.7 Å². The standard InChI is InChI=1S/C21H16Cl2F3N5OS/c22-9-21(32)8-15-16(14-3-5-31(29-14)20(25)26)17(12-2-1-11(24)7-13(12)23)28-18(30(15)10-21)19-27-4-6-33-19/h1-7,17,20,32H,8-10H2/t17-,21+/m0/s1. The summed E-state index contributed by atoms with van der Waals surface area (Å²) in [6, 6.07) is 4.61. The number of halogens is 5. The summed E-state index contributed by atoms with van der Waals surface area (Å²) in [7, 11) is 0. The molecule has 0 amide bonds. The fraction of sp³-hybridized carbons (Fsp3) is 0.286. The Balaban J connectivity index is 1.76. The number of fused-ring (bicyclic) bond motifs is 1. The zero-order chi connectivity index (χ0) is 23.3. The zero-order valence-electron chi connectivity index (χ0n) is 16.8. The fourth-order valence-electron chi connectivity index (χ4n) is 4.13. The lowest BCUT2D eigenvalue weighted by Crippen LogP contribution is -2.38. The van der Waals surface area contributed by atoms with Gasteiger partial charge in [-0.3, -0.25) is 4.99 Å². The van der Waals surface area contributed by atoms with Crippen molar-refractivity contribution in [1.82, 2.24) is 19.7 Å². The van der Waals surface area contributed by atoms with E-state index in [1.165, 1.54) is 41.8 Å². The van der Waals surface area contributed by atoms with Gasteiger partial charge in [0.1, 0.15) is 17.5 Å². The maximum Gasteiger partial charge on any atom is 0.333 e. The molecule has 12 heteroatoms. The monoisotopic (exact) mass is 513 g/mol. The molecule has 2 aliphatic heterocycles. The number of benzene rings is 1. The van der Waals surface area contributed by atoms with E-state index in [4.69, 9.17) is 28.2 Å². The number of aliphatic imine (C=N–C) groups is 1. The van der Waals surface area contributed by atoms with Gasteiger partial charge in [-0.2, -0.15) is 13.9 Å². The van der Waals surface area contributed by atoms with Gasteiger partial charge in [0.05, 0.1) is 18.1 Å². The number of alkyl halides is 3. The Bertz CT molecular complexity index is 1260. The van der Waals surface area contributed by atoms with Gasteiger partial charge in [0, 0.05) is 46.1 Å². The van der Waals surface area contributed by atoms with Crippen molar-refractivity contribution >= 4 is 45.9 Å². The summed E-state index contributed by atoms with van der Waals surface area (Å²) in [4.78, 5) is 11.0. The van der Waals surface area contributed by atoms with Crippen LogP contribution in [0.25, 0.3) is 5.57 Å². The summed E-state index contributed by atoms with van der Waals surface area (Å²) in [6.45, 7) is -2.68. The average molecular weight is 514 g/mol. The number of hydrogen-bond donors (Lipinski definition) is 1. The molecular formula is C21H16Cl2F3N5OS. The molecule has 0 aliphatic carbocycles. The Morgan fingerprint density at radius 2 is 2.12 bits per heavy atom. The largest absolute Gasteiger partial charge is 0.386 e. The first-order valence-corrected chi connectivity index (χ1v) is 11.6. The van der Waals surface area contributed by atoms with Crippen molar-refractivity contribution in [2.45, 2.75) is 24.6 Å². The van der Waals surface area contributed by atoms with Crippen molar-refractivity contribution in [2.24, 2.45) is 4.99 Å². The van der Waals surface area contributed by atoms with Crippen LogP contribution < -0.4 is 0 Å². The summed E-state index contributed by atoms with van der Waals surface area (Å²) in [6.07, 6.45) is 2.95. The van der Waals surface area contributed by atoms with Gasteiger partial charge < -0.3 is 10.0 Å². The Kier molecular flexibility index (Phi) is 5.72. The van der Waals surface area contributed by atoms with E-state index in [9.17, 15) is 18.3 Å². The van der Waals surface area contributed by atoms with E-state index in [1.54, 1.807) is 16.5 Å². The molecule has 2 atom stereocenters. The molecule has 6 nitrogen and oxygen atoms in total. The predicted molar refractivity (Wildman–Crippen MR) is 120 cm³/mol. The Morgan fingerprint density at radius 3 is 2.76 bits per heavy atom. The SMILES string of the molecule is O[C@@]1(CCl)CC2=C(c3ccn(C(F)F)n3)[C@H](c3ccc(F)cc3Cl)N=C(c3nccs3)N2C1. The van der Waals surface area contributed by atoms with Crippen molar-refractivity contribution in [1.29, 1.82) is 0 Å². The number of aliphatic hydroxyl groups is 1. The average Bonchev–Trinajstić information content (AvgIpc) is 3.52. The Morgan fingerprint density at radius 1 is 1.30 bits per heavy atom. The second-order valence-electron chi connectivity index (χ2n) is 7.80. The molecule has 0 radical (unpaired) electrons. The first-order valence-electron chi connectivity index (χ1n) is 9.85. The number of aromatic nitrogens is 3. The van der Waals surface area contributed by atoms with Gasteiger partial charge in [0.15, 0.2) is 10.8 Å². The summed E-state index contributed by atoms with van der Waals surface area (Å²) in [5, 5.41) is 17.6. The van der Waals surface area contributed by atoms with Gasteiger partial charge in [-0.15, -0.1) is 22.9 Å². The van der Waals surface area contributed by atoms with Gasteiger partial charge in [-0.25, -0.2) is 14.1 Å². The van der Waals surface area contributed by atoms with Gasteiger partial charge in [-0.05, 0) is 18.2 Å². The van der Waals surface area contributed by atoms with E-state index in [-0.39, 0.29) is 29.6 Å². The van der Waals surface area contributed by atoms with Crippen molar-refractivity contribution in [2.75, 3.05) is 12.4 Å². The van der Waals surface area contributed by atoms with Crippen molar-refractivity contribution < 1.29 is 18.3 Å². The van der Waals surface area contributed by atoms with Gasteiger partial charge in [-0.1, -0.05) is 17.7 Å². The highest BCUT2D eigenvalue weighted by Gasteiger charge is 2.46. The highest BCUT2D eigenvalue weighted by Crippen LogP contribution is 2.48. The molecule has 5 rings (SSSR count). The molecule has 33 heavy (non-hydrogen) atoms. The Hall–Kier alpha value is -2.40. The molecule has 1 N–H and O–H groups in total. The molecule has 0 saturated carbocycles. The fourth-order valence-corrected chi connectivity index (χ4v) is 5.22. The third-order valence-corrected chi connectivity index (χ3v) is 7.17. The first kappa shape index (κ1) is 22.4. The van der Waals surface area contributed by atoms with E-state index in [1.807, 2.05) is 0 Å². The molecule has 1 aromatic carbocycles. The first-order chi connectivity index (χ1) is 15.8. The predicted octanol–water partition coefficient (Wildman–Crippen LogP) is 5.12. The lowest BCUT2D eigenvalue weighted by molar-refractivity contribution is 0.0564. The van der Waals surface area contributed by atoms with E-state index in [2.05, 4.69) is 10.1 Å². The lowest BCUT2D eigenvalue weighted by Gasteiger charge is -2.32. The molecule has 3 aromatic rings. The minimum absolute atomic E-state index is 0.0428. The summed E-state index contributed by atoms with van der Waals surface area (Å²) < 4.78 is 40.9. The lowest BCUT2D eigenvalue weighted by atomic mass is 9.91. The van der Waals surface area contributed by atoms with E-state index < -0.39 is 24.0 Å². The molecule has 1 saturated heterocycles. The number of rotatable bonds is 5. The normalized spacial score (nSPS) is 22.8. The van der Waals surface area contributed by atoms with Crippen LogP contribution in [0.5, 0.6) is 0 Å². The maximum atomic E-state index is 13.8. The van der Waals surface area contributed by atoms with Crippen LogP contribution in [0.2, 0.25) is 5.02 Å². The van der Waals surface area contributed by atoms with Crippen LogP contribution >= 0.6 is 34.5 Å². The number of hydrogen-bond acceptors (Lipinski definition) is 6. The third-order valence-electron chi connectivity index (χ3n) is 5.58. The van der Waals surface area contributed by atoms with Crippen molar-refractivity contribution in [3.05, 3.63) is 74.8 Å². The number of amidine groups is 1. The molecule has 2 aliphatic rings. The summed E-state index contributed by atoms with van der Waals surface area (Å²) in [5.41, 5.74) is 0.573. The minimum Gasteiger partial charge on any atom is -0.386 e. The van der Waals surface area contributed by atoms with Crippen LogP contribution in [-0.2, 0) is 0 Å². The van der Waals surface area contributed by atoms with Gasteiger partial charge in [0.2, 0.25) is 0 Å². The smallest absolute Gasteiger partial charge is 0.333 e.